The Hall–Kier alpha value is -2.71. The van der Waals surface area contributed by atoms with E-state index in [1.54, 1.807) is 18.1 Å². The number of hydrogen-bond acceptors (Lipinski definition) is 7. The second-order valence-corrected chi connectivity index (χ2v) is 10.4. The maximum atomic E-state index is 12.1. The first-order chi connectivity index (χ1) is 17.5. The van der Waals surface area contributed by atoms with Gasteiger partial charge >= 0.3 is 0 Å². The number of carbonyl (C=O) groups excluding carboxylic acids is 1. The van der Waals surface area contributed by atoms with Crippen LogP contribution in [0.5, 0.6) is 0 Å². The number of methoxy groups -OCH3 is 1. The predicted molar refractivity (Wildman–Crippen MR) is 139 cm³/mol. The summed E-state index contributed by atoms with van der Waals surface area (Å²) in [6.07, 6.45) is 14.0. The lowest BCUT2D eigenvalue weighted by Crippen LogP contribution is -2.53. The molecule has 2 unspecified atom stereocenters. The number of ether oxygens (including phenoxy) is 2. The van der Waals surface area contributed by atoms with Crippen LogP contribution in [0.3, 0.4) is 0 Å². The van der Waals surface area contributed by atoms with Gasteiger partial charge in [-0.1, -0.05) is 18.2 Å². The van der Waals surface area contributed by atoms with Crippen LogP contribution in [0.25, 0.3) is 0 Å². The summed E-state index contributed by atoms with van der Waals surface area (Å²) in [5.74, 6) is 3.96. The van der Waals surface area contributed by atoms with Gasteiger partial charge in [-0.15, -0.1) is 0 Å². The molecule has 1 N–H and O–H groups in total. The van der Waals surface area contributed by atoms with E-state index in [9.17, 15) is 9.90 Å². The average Bonchev–Trinajstić information content (AvgIpc) is 3.64. The van der Waals surface area contributed by atoms with Crippen LogP contribution in [-0.4, -0.2) is 71.9 Å². The van der Waals surface area contributed by atoms with Crippen molar-refractivity contribution in [2.45, 2.75) is 51.7 Å². The molecule has 1 saturated carbocycles. The van der Waals surface area contributed by atoms with Crippen molar-refractivity contribution in [3.05, 3.63) is 54.1 Å². The van der Waals surface area contributed by atoms with E-state index in [1.165, 1.54) is 19.3 Å². The Labute approximate surface area is 214 Å². The minimum atomic E-state index is -0.364. The quantitative estimate of drug-likeness (QED) is 0.350. The molecule has 4 rings (SSSR count). The van der Waals surface area contributed by atoms with E-state index in [1.807, 2.05) is 31.5 Å². The number of amides is 1. The molecular weight excluding hydrogens is 456 g/mol. The third-order valence-electron chi connectivity index (χ3n) is 7.54. The third-order valence-corrected chi connectivity index (χ3v) is 7.54. The summed E-state index contributed by atoms with van der Waals surface area (Å²) in [5.41, 5.74) is 1.97. The minimum Gasteiger partial charge on any atom is -0.494 e. The summed E-state index contributed by atoms with van der Waals surface area (Å²) in [6.45, 7) is 9.96. The van der Waals surface area contributed by atoms with Crippen LogP contribution in [0, 0.1) is 17.8 Å². The summed E-state index contributed by atoms with van der Waals surface area (Å²) < 4.78 is 11.1. The maximum absolute atomic E-state index is 12.1. The molecule has 1 amide bonds. The monoisotopic (exact) mass is 496 g/mol. The van der Waals surface area contributed by atoms with Gasteiger partial charge in [0.05, 0.1) is 19.3 Å². The number of β-amino-alcohol motifs (C(OH)–C–C–N with tert-alkyl or cyclic N) is 1. The lowest BCUT2D eigenvalue weighted by atomic mass is 9.90. The molecule has 2 atom stereocenters. The lowest BCUT2D eigenvalue weighted by molar-refractivity contribution is -0.140. The number of aliphatic hydroxyl groups is 1. The molecule has 2 aliphatic heterocycles. The van der Waals surface area contributed by atoms with Crippen molar-refractivity contribution in [1.29, 1.82) is 0 Å². The molecule has 1 aliphatic carbocycles. The summed E-state index contributed by atoms with van der Waals surface area (Å²) in [7, 11) is 1.68. The molecule has 3 fully saturated rings. The normalized spacial score (nSPS) is 23.4. The van der Waals surface area contributed by atoms with E-state index in [2.05, 4.69) is 21.4 Å². The number of rotatable bonds is 12. The highest BCUT2D eigenvalue weighted by Gasteiger charge is 2.43. The topological polar surface area (TPSA) is 88.0 Å². The van der Waals surface area contributed by atoms with E-state index in [0.717, 1.165) is 60.1 Å². The van der Waals surface area contributed by atoms with Gasteiger partial charge in [0.2, 0.25) is 11.9 Å². The number of carbonyl (C=O) groups is 1. The number of likely N-dealkylation sites (tertiary alicyclic amines) is 1. The summed E-state index contributed by atoms with van der Waals surface area (Å²) in [6, 6.07) is 0. The number of piperidine rings is 1. The maximum Gasteiger partial charge on any atom is 0.226 e. The highest BCUT2D eigenvalue weighted by Crippen LogP contribution is 2.49. The van der Waals surface area contributed by atoms with E-state index in [4.69, 9.17) is 9.47 Å². The van der Waals surface area contributed by atoms with E-state index in [0.29, 0.717) is 32.7 Å². The number of nitrogens with zero attached hydrogens (tertiary/aromatic N) is 4. The molecule has 0 radical (unpaired) electrons. The van der Waals surface area contributed by atoms with Crippen LogP contribution >= 0.6 is 0 Å². The summed E-state index contributed by atoms with van der Waals surface area (Å²) >= 11 is 0. The first-order valence-electron chi connectivity index (χ1n) is 13.1. The number of aliphatic hydroxyl groups excluding tert-OH is 1. The molecule has 0 aromatic carbocycles. The zero-order valence-corrected chi connectivity index (χ0v) is 21.6. The van der Waals surface area contributed by atoms with Crippen LogP contribution in [-0.2, 0) is 20.9 Å². The highest BCUT2D eigenvalue weighted by atomic mass is 16.5. The first kappa shape index (κ1) is 26.4. The average molecular weight is 497 g/mol. The van der Waals surface area contributed by atoms with Gasteiger partial charge in [0.1, 0.15) is 5.76 Å². The van der Waals surface area contributed by atoms with E-state index >= 15 is 0 Å². The molecule has 3 aliphatic rings. The molecular formula is C28H40N4O4. The molecule has 1 aromatic heterocycles. The largest absolute Gasteiger partial charge is 0.494 e. The molecule has 1 aromatic rings. The number of allylic oxidation sites excluding steroid dienone is 3. The Bertz CT molecular complexity index is 947. The fourth-order valence-electron chi connectivity index (χ4n) is 5.26. The molecule has 3 heterocycles. The van der Waals surface area contributed by atoms with Gasteiger partial charge in [-0.2, -0.15) is 0 Å². The van der Waals surface area contributed by atoms with Crippen molar-refractivity contribution >= 4 is 11.9 Å². The van der Waals surface area contributed by atoms with E-state index < -0.39 is 0 Å². The smallest absolute Gasteiger partial charge is 0.226 e. The van der Waals surface area contributed by atoms with Crippen molar-refractivity contribution in [2.75, 3.05) is 44.8 Å². The number of hydrogen-bond donors (Lipinski definition) is 1. The molecule has 8 nitrogen and oxygen atoms in total. The molecule has 0 bridgehead atoms. The Kier molecular flexibility index (Phi) is 9.15. The summed E-state index contributed by atoms with van der Waals surface area (Å²) in [4.78, 5) is 25.1. The Balaban J connectivity index is 1.13. The van der Waals surface area contributed by atoms with Crippen molar-refractivity contribution in [3.63, 3.8) is 0 Å². The highest BCUT2D eigenvalue weighted by molar-refractivity contribution is 5.79. The first-order valence-corrected chi connectivity index (χ1v) is 13.1. The van der Waals surface area contributed by atoms with Crippen LogP contribution in [0.4, 0.5) is 5.95 Å². The SMILES string of the molecule is C=CC(=CC=C(C)CC(=O)N1CC(O)C1)OCCC1CC1C1CCN(c2ncc(COC)cn2)CC1. The zero-order valence-electron chi connectivity index (χ0n) is 21.6. The van der Waals surface area contributed by atoms with Gasteiger partial charge < -0.3 is 24.4 Å². The summed E-state index contributed by atoms with van der Waals surface area (Å²) in [5, 5.41) is 9.35. The van der Waals surface area contributed by atoms with Crippen molar-refractivity contribution in [3.8, 4) is 0 Å². The van der Waals surface area contributed by atoms with Crippen LogP contribution in [0.15, 0.2) is 48.5 Å². The fourth-order valence-corrected chi connectivity index (χ4v) is 5.26. The van der Waals surface area contributed by atoms with Gasteiger partial charge in [0.25, 0.3) is 0 Å². The van der Waals surface area contributed by atoms with Gasteiger partial charge in [0.15, 0.2) is 0 Å². The second-order valence-electron chi connectivity index (χ2n) is 10.4. The lowest BCUT2D eigenvalue weighted by Gasteiger charge is -2.36. The van der Waals surface area contributed by atoms with Crippen LogP contribution in [0.2, 0.25) is 0 Å². The predicted octanol–water partition coefficient (Wildman–Crippen LogP) is 3.49. The number of anilines is 1. The zero-order chi connectivity index (χ0) is 25.5. The Morgan fingerprint density at radius 1 is 1.22 bits per heavy atom. The Morgan fingerprint density at radius 3 is 2.58 bits per heavy atom. The standard InChI is InChI=1S/C28H40N4O4/c1-4-25(6-5-20(2)13-27(34)32-17-24(33)18-32)36-12-9-23-14-26(23)22-7-10-31(11-8-22)28-29-15-21(16-30-28)19-35-3/h4-6,15-16,22-24,26,33H,1,7-14,17-19H2,2-3H3. The van der Waals surface area contributed by atoms with Gasteiger partial charge in [-0.25, -0.2) is 9.97 Å². The molecule has 8 heteroatoms. The minimum absolute atomic E-state index is 0.0571. The van der Waals surface area contributed by atoms with Gasteiger partial charge in [0, 0.05) is 57.7 Å². The third kappa shape index (κ3) is 7.17. The molecule has 0 spiro atoms. The fraction of sp³-hybridized carbons (Fsp3) is 0.607. The molecule has 2 saturated heterocycles. The Morgan fingerprint density at radius 2 is 1.94 bits per heavy atom. The van der Waals surface area contributed by atoms with Crippen LogP contribution < -0.4 is 4.90 Å². The van der Waals surface area contributed by atoms with Gasteiger partial charge in [-0.05, 0) is 62.5 Å². The number of aromatic nitrogens is 2. The van der Waals surface area contributed by atoms with Crippen molar-refractivity contribution in [1.82, 2.24) is 14.9 Å². The van der Waals surface area contributed by atoms with Gasteiger partial charge in [-0.3, -0.25) is 4.79 Å². The van der Waals surface area contributed by atoms with Crippen molar-refractivity contribution < 1.29 is 19.4 Å². The van der Waals surface area contributed by atoms with E-state index in [-0.39, 0.29) is 12.0 Å². The molecule has 196 valence electrons. The molecule has 36 heavy (non-hydrogen) atoms. The van der Waals surface area contributed by atoms with Crippen LogP contribution in [0.1, 0.15) is 44.6 Å². The van der Waals surface area contributed by atoms with Crippen molar-refractivity contribution in [2.24, 2.45) is 17.8 Å². The second kappa shape index (κ2) is 12.5.